The fourth-order valence-corrected chi connectivity index (χ4v) is 4.16. The molecule has 1 saturated heterocycles. The number of benzene rings is 1. The third-order valence-electron chi connectivity index (χ3n) is 6.18. The molecule has 2 aromatic rings. The summed E-state index contributed by atoms with van der Waals surface area (Å²) in [6.07, 6.45) is 0.671. The first-order chi connectivity index (χ1) is 16.9. The van der Waals surface area contributed by atoms with Crippen molar-refractivity contribution in [3.8, 4) is 0 Å². The Labute approximate surface area is 203 Å². The molecule has 0 aliphatic carbocycles. The molecule has 0 saturated carbocycles. The molecule has 35 heavy (non-hydrogen) atoms. The molecule has 3 heterocycles. The standard InChI is InChI=1S/C24H31FN6O4/c1-17(22(32)26-7-10-29-11-13-35-14-12-29)27-23(33)20-15-21-24(34)30(8-2-9-31(21)28-20)16-18-3-5-19(25)6-4-18/h3-6,15,17H,2,7-14,16H2,1H3,(H,26,32)(H,27,33). The molecule has 0 radical (unpaired) electrons. The zero-order valence-corrected chi connectivity index (χ0v) is 19.8. The van der Waals surface area contributed by atoms with Gasteiger partial charge in [-0.05, 0) is 31.0 Å². The highest BCUT2D eigenvalue weighted by atomic mass is 19.1. The second kappa shape index (κ2) is 11.4. The molecule has 2 aliphatic rings. The van der Waals surface area contributed by atoms with Gasteiger partial charge in [-0.1, -0.05) is 12.1 Å². The molecule has 188 valence electrons. The van der Waals surface area contributed by atoms with Gasteiger partial charge in [0.15, 0.2) is 5.69 Å². The van der Waals surface area contributed by atoms with Gasteiger partial charge in [-0.25, -0.2) is 4.39 Å². The van der Waals surface area contributed by atoms with Gasteiger partial charge in [0.05, 0.1) is 13.2 Å². The minimum atomic E-state index is -0.751. The predicted molar refractivity (Wildman–Crippen MR) is 125 cm³/mol. The van der Waals surface area contributed by atoms with Crippen LogP contribution in [0.1, 0.15) is 39.9 Å². The molecular formula is C24H31FN6O4. The number of fused-ring (bicyclic) bond motifs is 1. The average Bonchev–Trinajstić information content (AvgIpc) is 3.23. The van der Waals surface area contributed by atoms with Crippen LogP contribution in [0.2, 0.25) is 0 Å². The number of morpholine rings is 1. The average molecular weight is 487 g/mol. The van der Waals surface area contributed by atoms with Crippen molar-refractivity contribution in [3.63, 3.8) is 0 Å². The van der Waals surface area contributed by atoms with E-state index in [1.807, 2.05) is 0 Å². The van der Waals surface area contributed by atoms with Crippen LogP contribution in [-0.4, -0.2) is 89.3 Å². The highest BCUT2D eigenvalue weighted by Crippen LogP contribution is 2.17. The maximum Gasteiger partial charge on any atom is 0.272 e. The maximum absolute atomic E-state index is 13.2. The molecule has 0 bridgehead atoms. The van der Waals surface area contributed by atoms with Crippen molar-refractivity contribution in [1.82, 2.24) is 30.2 Å². The van der Waals surface area contributed by atoms with Gasteiger partial charge in [0.1, 0.15) is 17.6 Å². The van der Waals surface area contributed by atoms with Crippen molar-refractivity contribution in [1.29, 1.82) is 0 Å². The molecule has 1 unspecified atom stereocenters. The summed E-state index contributed by atoms with van der Waals surface area (Å²) in [6.45, 7) is 7.25. The van der Waals surface area contributed by atoms with Gasteiger partial charge in [-0.2, -0.15) is 5.10 Å². The highest BCUT2D eigenvalue weighted by molar-refractivity contribution is 5.99. The first-order valence-electron chi connectivity index (χ1n) is 11.9. The zero-order chi connectivity index (χ0) is 24.8. The highest BCUT2D eigenvalue weighted by Gasteiger charge is 2.27. The lowest BCUT2D eigenvalue weighted by Crippen LogP contribution is -2.47. The van der Waals surface area contributed by atoms with E-state index in [1.165, 1.54) is 22.9 Å². The quantitative estimate of drug-likeness (QED) is 0.567. The van der Waals surface area contributed by atoms with Crippen LogP contribution < -0.4 is 10.6 Å². The van der Waals surface area contributed by atoms with Crippen LogP contribution >= 0.6 is 0 Å². The van der Waals surface area contributed by atoms with Crippen LogP contribution in [0.3, 0.4) is 0 Å². The zero-order valence-electron chi connectivity index (χ0n) is 19.8. The molecule has 2 N–H and O–H groups in total. The third kappa shape index (κ3) is 6.43. The van der Waals surface area contributed by atoms with E-state index < -0.39 is 11.9 Å². The SMILES string of the molecule is CC(NC(=O)c1cc2n(n1)CCCN(Cc1ccc(F)cc1)C2=O)C(=O)NCCN1CCOCC1. The van der Waals surface area contributed by atoms with Gasteiger partial charge in [-0.3, -0.25) is 24.0 Å². The van der Waals surface area contributed by atoms with E-state index in [0.717, 1.165) is 25.2 Å². The van der Waals surface area contributed by atoms with Crippen molar-refractivity contribution in [3.05, 3.63) is 53.1 Å². The Bertz CT molecular complexity index is 1050. The number of aromatic nitrogens is 2. The number of amides is 3. The van der Waals surface area contributed by atoms with Gasteiger partial charge in [-0.15, -0.1) is 0 Å². The minimum absolute atomic E-state index is 0.0879. The van der Waals surface area contributed by atoms with E-state index in [1.54, 1.807) is 24.0 Å². The normalized spacial score (nSPS) is 17.4. The van der Waals surface area contributed by atoms with Crippen LogP contribution in [0.5, 0.6) is 0 Å². The molecule has 3 amide bonds. The largest absolute Gasteiger partial charge is 0.379 e. The van der Waals surface area contributed by atoms with Crippen LogP contribution in [0.4, 0.5) is 4.39 Å². The number of hydrogen-bond donors (Lipinski definition) is 2. The molecular weight excluding hydrogens is 455 g/mol. The predicted octanol–water partition coefficient (Wildman–Crippen LogP) is 0.635. The second-order valence-electron chi connectivity index (χ2n) is 8.78. The number of nitrogens with zero attached hydrogens (tertiary/aromatic N) is 4. The van der Waals surface area contributed by atoms with Gasteiger partial charge in [0.25, 0.3) is 11.8 Å². The van der Waals surface area contributed by atoms with E-state index in [4.69, 9.17) is 4.74 Å². The number of ether oxygens (including phenoxy) is 1. The fraction of sp³-hybridized carbons (Fsp3) is 0.500. The molecule has 1 atom stereocenters. The smallest absolute Gasteiger partial charge is 0.272 e. The van der Waals surface area contributed by atoms with Gasteiger partial charge in [0, 0.05) is 51.9 Å². The Morgan fingerprint density at radius 3 is 2.63 bits per heavy atom. The van der Waals surface area contributed by atoms with Crippen LogP contribution in [0, 0.1) is 5.82 Å². The van der Waals surface area contributed by atoms with E-state index in [0.29, 0.717) is 51.5 Å². The molecule has 0 spiro atoms. The summed E-state index contributed by atoms with van der Waals surface area (Å²) in [6, 6.07) is 6.74. The summed E-state index contributed by atoms with van der Waals surface area (Å²) < 4.78 is 20.0. The van der Waals surface area contributed by atoms with E-state index >= 15 is 0 Å². The van der Waals surface area contributed by atoms with Crippen LogP contribution in [-0.2, 0) is 22.6 Å². The van der Waals surface area contributed by atoms with Gasteiger partial charge < -0.3 is 20.3 Å². The Balaban J connectivity index is 1.32. The molecule has 1 fully saturated rings. The molecule has 10 nitrogen and oxygen atoms in total. The minimum Gasteiger partial charge on any atom is -0.379 e. The maximum atomic E-state index is 13.2. The fourth-order valence-electron chi connectivity index (χ4n) is 4.16. The van der Waals surface area contributed by atoms with Crippen molar-refractivity contribution in [2.75, 3.05) is 45.9 Å². The van der Waals surface area contributed by atoms with Gasteiger partial charge >= 0.3 is 0 Å². The number of hydrogen-bond acceptors (Lipinski definition) is 6. The Hall–Kier alpha value is -3.31. The number of nitrogens with one attached hydrogen (secondary N) is 2. The van der Waals surface area contributed by atoms with Crippen molar-refractivity contribution < 1.29 is 23.5 Å². The first kappa shape index (κ1) is 24.8. The number of carbonyl (C=O) groups excluding carboxylic acids is 3. The molecule has 1 aromatic carbocycles. The lowest BCUT2D eigenvalue weighted by atomic mass is 10.2. The Morgan fingerprint density at radius 1 is 1.14 bits per heavy atom. The molecule has 11 heteroatoms. The Morgan fingerprint density at radius 2 is 1.89 bits per heavy atom. The number of rotatable bonds is 8. The lowest BCUT2D eigenvalue weighted by molar-refractivity contribution is -0.122. The lowest BCUT2D eigenvalue weighted by Gasteiger charge is -2.26. The number of aryl methyl sites for hydroxylation is 1. The molecule has 1 aromatic heterocycles. The summed E-state index contributed by atoms with van der Waals surface area (Å²) in [7, 11) is 0. The van der Waals surface area contributed by atoms with Crippen molar-refractivity contribution in [2.45, 2.75) is 32.5 Å². The first-order valence-corrected chi connectivity index (χ1v) is 11.9. The topological polar surface area (TPSA) is 109 Å². The molecule has 4 rings (SSSR count). The van der Waals surface area contributed by atoms with E-state index in [9.17, 15) is 18.8 Å². The van der Waals surface area contributed by atoms with Crippen LogP contribution in [0.25, 0.3) is 0 Å². The summed E-state index contributed by atoms with van der Waals surface area (Å²) in [5.41, 5.74) is 1.22. The second-order valence-corrected chi connectivity index (χ2v) is 8.78. The van der Waals surface area contributed by atoms with Gasteiger partial charge in [0.2, 0.25) is 5.91 Å². The monoisotopic (exact) mass is 486 g/mol. The van der Waals surface area contributed by atoms with Crippen LogP contribution in [0.15, 0.2) is 30.3 Å². The molecule has 2 aliphatic heterocycles. The number of halogens is 1. The third-order valence-corrected chi connectivity index (χ3v) is 6.18. The number of carbonyl (C=O) groups is 3. The summed E-state index contributed by atoms with van der Waals surface area (Å²) in [5, 5.41) is 9.80. The summed E-state index contributed by atoms with van der Waals surface area (Å²) in [4.78, 5) is 42.1. The Kier molecular flexibility index (Phi) is 8.09. The summed E-state index contributed by atoms with van der Waals surface area (Å²) in [5.74, 6) is -1.37. The van der Waals surface area contributed by atoms with Crippen molar-refractivity contribution >= 4 is 17.7 Å². The van der Waals surface area contributed by atoms with E-state index in [2.05, 4.69) is 20.6 Å². The van der Waals surface area contributed by atoms with Crippen molar-refractivity contribution in [2.24, 2.45) is 0 Å². The van der Waals surface area contributed by atoms with E-state index in [-0.39, 0.29) is 23.3 Å². The summed E-state index contributed by atoms with van der Waals surface area (Å²) >= 11 is 0.